The minimum atomic E-state index is -3.79. The standard InChI is InChI=1S/C20H26N4O5S/c1-4-29-17-11-10-15(12-18(17)30(27,28)24(2)3)22-19(25)13-16(23-20(21)26)14-8-6-5-7-9-14/h5-12,16H,4,13H2,1-3H3,(H,22,25)(H3,21,23,26). The van der Waals surface area contributed by atoms with Crippen molar-refractivity contribution in [1.29, 1.82) is 0 Å². The fraction of sp³-hybridized carbons (Fsp3) is 0.300. The molecule has 4 N–H and O–H groups in total. The van der Waals surface area contributed by atoms with Gasteiger partial charge in [-0.25, -0.2) is 17.5 Å². The largest absolute Gasteiger partial charge is 0.492 e. The minimum absolute atomic E-state index is 0.0537. The molecule has 30 heavy (non-hydrogen) atoms. The average Bonchev–Trinajstić information content (AvgIpc) is 2.69. The van der Waals surface area contributed by atoms with Crippen molar-refractivity contribution >= 4 is 27.6 Å². The van der Waals surface area contributed by atoms with E-state index >= 15 is 0 Å². The van der Waals surface area contributed by atoms with Crippen LogP contribution in [-0.4, -0.2) is 45.4 Å². The molecule has 0 radical (unpaired) electrons. The van der Waals surface area contributed by atoms with Gasteiger partial charge in [-0.1, -0.05) is 30.3 Å². The second-order valence-electron chi connectivity index (χ2n) is 6.61. The minimum Gasteiger partial charge on any atom is -0.492 e. The first kappa shape index (κ1) is 23.2. The molecule has 0 aliphatic carbocycles. The van der Waals surface area contributed by atoms with Crippen molar-refractivity contribution in [3.63, 3.8) is 0 Å². The lowest BCUT2D eigenvalue weighted by Gasteiger charge is -2.19. The van der Waals surface area contributed by atoms with Crippen LogP contribution in [0.25, 0.3) is 0 Å². The number of urea groups is 1. The van der Waals surface area contributed by atoms with Gasteiger partial charge in [0, 0.05) is 19.8 Å². The molecule has 0 aliphatic rings. The lowest BCUT2D eigenvalue weighted by atomic mass is 10.0. The number of nitrogens with two attached hydrogens (primary N) is 1. The Morgan fingerprint density at radius 3 is 2.37 bits per heavy atom. The molecule has 1 atom stereocenters. The van der Waals surface area contributed by atoms with Gasteiger partial charge in [0.1, 0.15) is 10.6 Å². The molecule has 3 amide bonds. The maximum absolute atomic E-state index is 12.6. The predicted molar refractivity (Wildman–Crippen MR) is 114 cm³/mol. The molecule has 0 spiro atoms. The Morgan fingerprint density at radius 1 is 1.13 bits per heavy atom. The normalized spacial score (nSPS) is 12.3. The second kappa shape index (κ2) is 10.1. The van der Waals surface area contributed by atoms with Crippen LogP contribution in [0.1, 0.15) is 24.9 Å². The molecule has 162 valence electrons. The van der Waals surface area contributed by atoms with Gasteiger partial charge < -0.3 is 21.1 Å². The molecule has 2 aromatic rings. The summed E-state index contributed by atoms with van der Waals surface area (Å²) in [4.78, 5) is 23.9. The summed E-state index contributed by atoms with van der Waals surface area (Å²) in [5.41, 5.74) is 6.24. The van der Waals surface area contributed by atoms with Crippen LogP contribution in [0.15, 0.2) is 53.4 Å². The summed E-state index contributed by atoms with van der Waals surface area (Å²) in [6.45, 7) is 2.04. The van der Waals surface area contributed by atoms with E-state index in [1.165, 1.54) is 26.2 Å². The van der Waals surface area contributed by atoms with Gasteiger partial charge in [-0.3, -0.25) is 4.79 Å². The molecule has 0 bridgehead atoms. The van der Waals surface area contributed by atoms with E-state index in [0.717, 1.165) is 4.31 Å². The second-order valence-corrected chi connectivity index (χ2v) is 8.73. The number of ether oxygens (including phenoxy) is 1. The van der Waals surface area contributed by atoms with Crippen LogP contribution in [-0.2, 0) is 14.8 Å². The molecule has 0 heterocycles. The molecule has 0 saturated heterocycles. The number of primary amides is 1. The first-order chi connectivity index (χ1) is 14.1. The summed E-state index contributed by atoms with van der Waals surface area (Å²) in [6.07, 6.45) is -0.0874. The molecular formula is C20H26N4O5S. The molecule has 0 aromatic heterocycles. The van der Waals surface area contributed by atoms with Gasteiger partial charge in [0.25, 0.3) is 0 Å². The van der Waals surface area contributed by atoms with Crippen molar-refractivity contribution in [3.05, 3.63) is 54.1 Å². The predicted octanol–water partition coefficient (Wildman–Crippen LogP) is 2.07. The van der Waals surface area contributed by atoms with E-state index in [1.54, 1.807) is 37.3 Å². The summed E-state index contributed by atoms with van der Waals surface area (Å²) >= 11 is 0. The monoisotopic (exact) mass is 434 g/mol. The number of carbonyl (C=O) groups excluding carboxylic acids is 2. The SMILES string of the molecule is CCOc1ccc(NC(=O)CC(NC(N)=O)c2ccccc2)cc1S(=O)(=O)N(C)C. The zero-order valence-corrected chi connectivity index (χ0v) is 17.9. The number of hydrogen-bond donors (Lipinski definition) is 3. The Bertz CT molecular complexity index is 994. The van der Waals surface area contributed by atoms with Crippen LogP contribution in [0, 0.1) is 0 Å². The maximum Gasteiger partial charge on any atom is 0.312 e. The molecule has 0 aliphatic heterocycles. The molecule has 2 rings (SSSR count). The summed E-state index contributed by atoms with van der Waals surface area (Å²) < 4.78 is 31.7. The molecule has 9 nitrogen and oxygen atoms in total. The first-order valence-electron chi connectivity index (χ1n) is 9.25. The number of nitrogens with one attached hydrogen (secondary N) is 2. The molecule has 10 heteroatoms. The first-order valence-corrected chi connectivity index (χ1v) is 10.7. The summed E-state index contributed by atoms with van der Waals surface area (Å²) in [5, 5.41) is 5.21. The summed E-state index contributed by atoms with van der Waals surface area (Å²) in [6, 6.07) is 11.9. The van der Waals surface area contributed by atoms with E-state index < -0.39 is 28.0 Å². The lowest BCUT2D eigenvalue weighted by Crippen LogP contribution is -2.35. The zero-order chi connectivity index (χ0) is 22.3. The number of carbonyl (C=O) groups is 2. The van der Waals surface area contributed by atoms with E-state index in [0.29, 0.717) is 12.2 Å². The maximum atomic E-state index is 12.6. The fourth-order valence-electron chi connectivity index (χ4n) is 2.77. The summed E-state index contributed by atoms with van der Waals surface area (Å²) in [7, 11) is -0.961. The number of anilines is 1. The third-order valence-electron chi connectivity index (χ3n) is 4.19. The average molecular weight is 435 g/mol. The Labute approximate surface area is 176 Å². The van der Waals surface area contributed by atoms with Gasteiger partial charge in [-0.05, 0) is 30.7 Å². The lowest BCUT2D eigenvalue weighted by molar-refractivity contribution is -0.116. The Balaban J connectivity index is 2.26. The van der Waals surface area contributed by atoms with Gasteiger partial charge in [0.2, 0.25) is 15.9 Å². The highest BCUT2D eigenvalue weighted by Gasteiger charge is 2.24. The topological polar surface area (TPSA) is 131 Å². The van der Waals surface area contributed by atoms with Gasteiger partial charge in [0.05, 0.1) is 19.1 Å². The van der Waals surface area contributed by atoms with Crippen molar-refractivity contribution in [2.75, 3.05) is 26.0 Å². The molecule has 1 unspecified atom stereocenters. The Hall–Kier alpha value is -3.11. The van der Waals surface area contributed by atoms with Crippen LogP contribution >= 0.6 is 0 Å². The third-order valence-corrected chi connectivity index (χ3v) is 6.03. The zero-order valence-electron chi connectivity index (χ0n) is 17.1. The van der Waals surface area contributed by atoms with E-state index in [2.05, 4.69) is 10.6 Å². The quantitative estimate of drug-likeness (QED) is 0.556. The van der Waals surface area contributed by atoms with E-state index in [1.807, 2.05) is 6.07 Å². The van der Waals surface area contributed by atoms with E-state index in [9.17, 15) is 18.0 Å². The number of hydrogen-bond acceptors (Lipinski definition) is 5. The number of amides is 3. The number of rotatable bonds is 9. The Kier molecular flexibility index (Phi) is 7.79. The van der Waals surface area contributed by atoms with E-state index in [4.69, 9.17) is 10.5 Å². The number of benzene rings is 2. The van der Waals surface area contributed by atoms with Crippen LogP contribution in [0.5, 0.6) is 5.75 Å². The highest BCUT2D eigenvalue weighted by Crippen LogP contribution is 2.29. The summed E-state index contributed by atoms with van der Waals surface area (Å²) in [5.74, 6) is -0.225. The van der Waals surface area contributed by atoms with Crippen LogP contribution in [0.4, 0.5) is 10.5 Å². The Morgan fingerprint density at radius 2 is 1.80 bits per heavy atom. The highest BCUT2D eigenvalue weighted by atomic mass is 32.2. The van der Waals surface area contributed by atoms with E-state index in [-0.39, 0.29) is 22.8 Å². The van der Waals surface area contributed by atoms with Gasteiger partial charge in [-0.15, -0.1) is 0 Å². The highest BCUT2D eigenvalue weighted by molar-refractivity contribution is 7.89. The fourth-order valence-corrected chi connectivity index (χ4v) is 3.82. The van der Waals surface area contributed by atoms with Gasteiger partial charge >= 0.3 is 6.03 Å². The molecular weight excluding hydrogens is 408 g/mol. The van der Waals surface area contributed by atoms with Crippen molar-refractivity contribution in [2.24, 2.45) is 5.73 Å². The number of nitrogens with zero attached hydrogens (tertiary/aromatic N) is 1. The third kappa shape index (κ3) is 5.94. The van der Waals surface area contributed by atoms with Gasteiger partial charge in [-0.2, -0.15) is 0 Å². The van der Waals surface area contributed by atoms with Crippen LogP contribution in [0.3, 0.4) is 0 Å². The van der Waals surface area contributed by atoms with Crippen molar-refractivity contribution in [2.45, 2.75) is 24.3 Å². The van der Waals surface area contributed by atoms with Crippen LogP contribution < -0.4 is 21.1 Å². The molecule has 2 aromatic carbocycles. The molecule has 0 fully saturated rings. The van der Waals surface area contributed by atoms with Crippen LogP contribution in [0.2, 0.25) is 0 Å². The molecule has 0 saturated carbocycles. The number of sulfonamides is 1. The smallest absolute Gasteiger partial charge is 0.312 e. The van der Waals surface area contributed by atoms with Crippen molar-refractivity contribution in [1.82, 2.24) is 9.62 Å². The van der Waals surface area contributed by atoms with Crippen molar-refractivity contribution < 1.29 is 22.7 Å². The van der Waals surface area contributed by atoms with Gasteiger partial charge in [0.15, 0.2) is 0 Å². The van der Waals surface area contributed by atoms with Crippen molar-refractivity contribution in [3.8, 4) is 5.75 Å².